The van der Waals surface area contributed by atoms with Gasteiger partial charge in [0.2, 0.25) is 0 Å². The maximum Gasteiger partial charge on any atom is 0.421 e. The van der Waals surface area contributed by atoms with Gasteiger partial charge in [0.15, 0.2) is 0 Å². The van der Waals surface area contributed by atoms with Crippen LogP contribution in [0.5, 0.6) is 0 Å². The van der Waals surface area contributed by atoms with Crippen molar-refractivity contribution in [1.82, 2.24) is 4.72 Å². The van der Waals surface area contributed by atoms with Gasteiger partial charge in [-0.2, -0.15) is 0 Å². The minimum Gasteiger partial charge on any atom is -0.443 e. The molecule has 0 aromatic heterocycles. The number of halogens is 1. The molecule has 1 rings (SSSR count). The first-order valence-corrected chi connectivity index (χ1v) is 6.98. The lowest BCUT2D eigenvalue weighted by Gasteiger charge is -2.19. The lowest BCUT2D eigenvalue weighted by atomic mass is 10.2. The average molecular weight is 292 g/mol. The van der Waals surface area contributed by atoms with E-state index in [9.17, 15) is 13.2 Å². The van der Waals surface area contributed by atoms with Gasteiger partial charge < -0.3 is 4.74 Å². The van der Waals surface area contributed by atoms with E-state index in [1.165, 1.54) is 24.3 Å². The average Bonchev–Trinajstić information content (AvgIpc) is 2.13. The predicted octanol–water partition coefficient (Wildman–Crippen LogP) is 2.55. The summed E-state index contributed by atoms with van der Waals surface area (Å²) in [6, 6.07) is 5.59. The molecule has 0 spiro atoms. The van der Waals surface area contributed by atoms with Crippen LogP contribution in [-0.4, -0.2) is 20.1 Å². The van der Waals surface area contributed by atoms with Crippen LogP contribution in [0, 0.1) is 0 Å². The van der Waals surface area contributed by atoms with Crippen LogP contribution in [-0.2, 0) is 14.8 Å². The second kappa shape index (κ2) is 5.16. The van der Waals surface area contributed by atoms with Crippen LogP contribution in [0.2, 0.25) is 5.02 Å². The Balaban J connectivity index is 2.87. The van der Waals surface area contributed by atoms with Crippen LogP contribution in [0.25, 0.3) is 0 Å². The SMILES string of the molecule is CC(C)(C)OC(=O)NS(=O)(=O)c1cccc(Cl)c1. The predicted molar refractivity (Wildman–Crippen MR) is 68.0 cm³/mol. The molecule has 0 heterocycles. The van der Waals surface area contributed by atoms with Crippen molar-refractivity contribution >= 4 is 27.7 Å². The number of carbonyl (C=O) groups is 1. The fourth-order valence-corrected chi connectivity index (χ4v) is 2.28. The van der Waals surface area contributed by atoms with Gasteiger partial charge in [-0.3, -0.25) is 0 Å². The second-order valence-corrected chi connectivity index (χ2v) is 6.68. The van der Waals surface area contributed by atoms with Crippen LogP contribution in [0.1, 0.15) is 20.8 Å². The Bertz CT molecular complexity index is 548. The van der Waals surface area contributed by atoms with Crippen LogP contribution < -0.4 is 4.72 Å². The van der Waals surface area contributed by atoms with Gasteiger partial charge in [-0.1, -0.05) is 17.7 Å². The third kappa shape index (κ3) is 4.54. The number of hydrogen-bond donors (Lipinski definition) is 1. The molecule has 0 aliphatic rings. The Morgan fingerprint density at radius 1 is 1.33 bits per heavy atom. The molecule has 1 aromatic rings. The highest BCUT2D eigenvalue weighted by atomic mass is 35.5. The molecule has 0 aliphatic carbocycles. The summed E-state index contributed by atoms with van der Waals surface area (Å²) >= 11 is 5.69. The molecule has 100 valence electrons. The molecule has 0 atom stereocenters. The number of hydrogen-bond acceptors (Lipinski definition) is 4. The van der Waals surface area contributed by atoms with Gasteiger partial charge in [-0.05, 0) is 39.0 Å². The van der Waals surface area contributed by atoms with E-state index in [0.717, 1.165) is 0 Å². The van der Waals surface area contributed by atoms with Gasteiger partial charge >= 0.3 is 6.09 Å². The number of sulfonamides is 1. The van der Waals surface area contributed by atoms with Crippen molar-refractivity contribution in [3.05, 3.63) is 29.3 Å². The molecule has 0 aliphatic heterocycles. The molecule has 0 saturated carbocycles. The molecule has 5 nitrogen and oxygen atoms in total. The van der Waals surface area contributed by atoms with Crippen molar-refractivity contribution < 1.29 is 17.9 Å². The summed E-state index contributed by atoms with van der Waals surface area (Å²) in [6.45, 7) is 4.91. The molecule has 0 fully saturated rings. The maximum atomic E-state index is 11.8. The molecule has 7 heteroatoms. The number of carbonyl (C=O) groups excluding carboxylic acids is 1. The first-order chi connectivity index (χ1) is 8.10. The number of rotatable bonds is 2. The largest absolute Gasteiger partial charge is 0.443 e. The first-order valence-electron chi connectivity index (χ1n) is 5.11. The summed E-state index contributed by atoms with van der Waals surface area (Å²) in [6.07, 6.45) is -1.03. The molecule has 0 radical (unpaired) electrons. The Morgan fingerprint density at radius 2 is 1.94 bits per heavy atom. The lowest BCUT2D eigenvalue weighted by molar-refractivity contribution is 0.0570. The number of benzene rings is 1. The highest BCUT2D eigenvalue weighted by Gasteiger charge is 2.22. The number of nitrogens with one attached hydrogen (secondary N) is 1. The molecule has 0 unspecified atom stereocenters. The quantitative estimate of drug-likeness (QED) is 0.909. The lowest BCUT2D eigenvalue weighted by Crippen LogP contribution is -2.36. The molecule has 1 amide bonds. The fraction of sp³-hybridized carbons (Fsp3) is 0.364. The van der Waals surface area contributed by atoms with Gasteiger partial charge in [0.25, 0.3) is 10.0 Å². The highest BCUT2D eigenvalue weighted by molar-refractivity contribution is 7.90. The van der Waals surface area contributed by atoms with Crippen LogP contribution >= 0.6 is 11.6 Å². The van der Waals surface area contributed by atoms with Crippen molar-refractivity contribution in [1.29, 1.82) is 0 Å². The zero-order valence-electron chi connectivity index (χ0n) is 10.2. The minimum absolute atomic E-state index is 0.0964. The monoisotopic (exact) mass is 291 g/mol. The summed E-state index contributed by atoms with van der Waals surface area (Å²) in [5.74, 6) is 0. The maximum absolute atomic E-state index is 11.8. The molecule has 0 bridgehead atoms. The Kier molecular flexibility index (Phi) is 4.24. The van der Waals surface area contributed by atoms with E-state index in [2.05, 4.69) is 0 Å². The summed E-state index contributed by atoms with van der Waals surface area (Å²) in [5.41, 5.74) is -0.770. The summed E-state index contributed by atoms with van der Waals surface area (Å²) in [7, 11) is -3.96. The van der Waals surface area contributed by atoms with E-state index in [4.69, 9.17) is 16.3 Å². The molecule has 1 aromatic carbocycles. The van der Waals surface area contributed by atoms with E-state index >= 15 is 0 Å². The van der Waals surface area contributed by atoms with Gasteiger partial charge in [-0.15, -0.1) is 0 Å². The van der Waals surface area contributed by atoms with Gasteiger partial charge in [0.1, 0.15) is 5.60 Å². The van der Waals surface area contributed by atoms with E-state index < -0.39 is 21.7 Å². The van der Waals surface area contributed by atoms with Crippen LogP contribution in [0.15, 0.2) is 29.2 Å². The molecule has 18 heavy (non-hydrogen) atoms. The molecule has 1 N–H and O–H groups in total. The molecular weight excluding hydrogens is 278 g/mol. The fourth-order valence-electron chi connectivity index (χ4n) is 1.10. The zero-order valence-corrected chi connectivity index (χ0v) is 11.8. The normalized spacial score (nSPS) is 12.0. The summed E-state index contributed by atoms with van der Waals surface area (Å²) in [4.78, 5) is 11.3. The number of amides is 1. The van der Waals surface area contributed by atoms with E-state index in [1.54, 1.807) is 20.8 Å². The van der Waals surface area contributed by atoms with Crippen molar-refractivity contribution in [2.45, 2.75) is 31.3 Å². The van der Waals surface area contributed by atoms with E-state index in [0.29, 0.717) is 0 Å². The van der Waals surface area contributed by atoms with Crippen molar-refractivity contribution in [3.8, 4) is 0 Å². The smallest absolute Gasteiger partial charge is 0.421 e. The standard InChI is InChI=1S/C11H14ClNO4S/c1-11(2,3)17-10(14)13-18(15,16)9-6-4-5-8(12)7-9/h4-7H,1-3H3,(H,13,14). The van der Waals surface area contributed by atoms with Crippen molar-refractivity contribution in [2.75, 3.05) is 0 Å². The topological polar surface area (TPSA) is 72.5 Å². The third-order valence-corrected chi connectivity index (χ3v) is 3.27. The Labute approximate surface area is 111 Å². The number of ether oxygens (including phenoxy) is 1. The molecule has 0 saturated heterocycles. The Hall–Kier alpha value is -1.27. The highest BCUT2D eigenvalue weighted by Crippen LogP contribution is 2.15. The summed E-state index contributed by atoms with van der Waals surface area (Å²) < 4.78 is 30.3. The van der Waals surface area contributed by atoms with E-state index in [-0.39, 0.29) is 9.92 Å². The minimum atomic E-state index is -3.96. The van der Waals surface area contributed by atoms with Gasteiger partial charge in [0.05, 0.1) is 4.90 Å². The second-order valence-electron chi connectivity index (χ2n) is 4.56. The van der Waals surface area contributed by atoms with Gasteiger partial charge in [-0.25, -0.2) is 17.9 Å². The Morgan fingerprint density at radius 3 is 2.44 bits per heavy atom. The van der Waals surface area contributed by atoms with Gasteiger partial charge in [0, 0.05) is 5.02 Å². The van der Waals surface area contributed by atoms with E-state index in [1.807, 2.05) is 4.72 Å². The van der Waals surface area contributed by atoms with Crippen molar-refractivity contribution in [2.24, 2.45) is 0 Å². The summed E-state index contributed by atoms with van der Waals surface area (Å²) in [5, 5.41) is 0.266. The van der Waals surface area contributed by atoms with Crippen LogP contribution in [0.3, 0.4) is 0 Å². The third-order valence-electron chi connectivity index (χ3n) is 1.72. The van der Waals surface area contributed by atoms with Crippen molar-refractivity contribution in [3.63, 3.8) is 0 Å². The molecular formula is C11H14ClNO4S. The van der Waals surface area contributed by atoms with Crippen LogP contribution in [0.4, 0.5) is 4.79 Å². The zero-order chi connectivity index (χ0) is 14.0. The first kappa shape index (κ1) is 14.8.